The van der Waals surface area contributed by atoms with Crippen LogP contribution in [-0.2, 0) is 4.79 Å². The van der Waals surface area contributed by atoms with Crippen LogP contribution in [0.2, 0.25) is 0 Å². The van der Waals surface area contributed by atoms with Crippen molar-refractivity contribution in [3.05, 3.63) is 66.2 Å². The quantitative estimate of drug-likeness (QED) is 0.472. The zero-order valence-electron chi connectivity index (χ0n) is 15.7. The minimum absolute atomic E-state index is 0.0574. The highest BCUT2D eigenvalue weighted by Crippen LogP contribution is 2.28. The average molecular weight is 427 g/mol. The maximum atomic E-state index is 13.7. The van der Waals surface area contributed by atoms with Gasteiger partial charge in [-0.3, -0.25) is 4.79 Å². The van der Waals surface area contributed by atoms with E-state index >= 15 is 0 Å². The normalized spacial score (nSPS) is 10.9. The Hall–Kier alpha value is -3.53. The third-order valence-electron chi connectivity index (χ3n) is 4.15. The number of carbonyl (C=O) groups is 1. The minimum atomic E-state index is -0.843. The number of benzene rings is 2. The van der Waals surface area contributed by atoms with Crippen LogP contribution in [0, 0.1) is 11.6 Å². The molecule has 2 aromatic heterocycles. The molecule has 1 amide bonds. The summed E-state index contributed by atoms with van der Waals surface area (Å²) in [6.45, 7) is 0. The van der Waals surface area contributed by atoms with E-state index in [2.05, 4.69) is 20.6 Å². The Labute approximate surface area is 174 Å². The van der Waals surface area contributed by atoms with Gasteiger partial charge < -0.3 is 10.1 Å². The van der Waals surface area contributed by atoms with E-state index in [4.69, 9.17) is 4.74 Å². The number of aromatic nitrogens is 4. The first-order valence-electron chi connectivity index (χ1n) is 8.78. The van der Waals surface area contributed by atoms with E-state index in [0.29, 0.717) is 28.3 Å². The monoisotopic (exact) mass is 427 g/mol. The van der Waals surface area contributed by atoms with Crippen molar-refractivity contribution in [2.75, 3.05) is 18.2 Å². The van der Waals surface area contributed by atoms with Crippen molar-refractivity contribution in [1.82, 2.24) is 19.8 Å². The van der Waals surface area contributed by atoms with Gasteiger partial charge in [0.2, 0.25) is 11.1 Å². The van der Waals surface area contributed by atoms with Gasteiger partial charge in [0.15, 0.2) is 5.65 Å². The lowest BCUT2D eigenvalue weighted by Crippen LogP contribution is -2.15. The number of hydrogen-bond donors (Lipinski definition) is 1. The van der Waals surface area contributed by atoms with E-state index < -0.39 is 17.5 Å². The maximum Gasteiger partial charge on any atom is 0.234 e. The van der Waals surface area contributed by atoms with Gasteiger partial charge in [-0.2, -0.15) is 9.61 Å². The van der Waals surface area contributed by atoms with Crippen LogP contribution >= 0.6 is 11.8 Å². The molecule has 1 N–H and O–H groups in total. The number of hydrogen-bond acceptors (Lipinski definition) is 6. The standard InChI is InChI=1S/C20H15F2N5O2S/c1-29-17-5-3-2-4-13(17)15-8-9-18-24-25-20(27(18)26-15)30-11-19(28)23-16-7-6-12(21)10-14(16)22/h2-10H,11H2,1H3,(H,23,28). The summed E-state index contributed by atoms with van der Waals surface area (Å²) in [4.78, 5) is 12.2. The third-order valence-corrected chi connectivity index (χ3v) is 5.07. The van der Waals surface area contributed by atoms with Crippen molar-refractivity contribution in [2.24, 2.45) is 0 Å². The van der Waals surface area contributed by atoms with Crippen LogP contribution in [0.5, 0.6) is 5.75 Å². The molecule has 2 aromatic carbocycles. The molecule has 0 radical (unpaired) electrons. The predicted molar refractivity (Wildman–Crippen MR) is 108 cm³/mol. The topological polar surface area (TPSA) is 81.4 Å². The number of nitrogens with one attached hydrogen (secondary N) is 1. The van der Waals surface area contributed by atoms with E-state index in [1.807, 2.05) is 24.3 Å². The molecule has 0 saturated carbocycles. The van der Waals surface area contributed by atoms with Crippen molar-refractivity contribution >= 4 is 29.0 Å². The van der Waals surface area contributed by atoms with Gasteiger partial charge in [0.1, 0.15) is 17.4 Å². The Balaban J connectivity index is 1.52. The molecule has 4 rings (SSSR count). The third kappa shape index (κ3) is 4.08. The lowest BCUT2D eigenvalue weighted by molar-refractivity contribution is -0.113. The second-order valence-electron chi connectivity index (χ2n) is 6.13. The van der Waals surface area contributed by atoms with E-state index in [0.717, 1.165) is 23.4 Å². The van der Waals surface area contributed by atoms with Gasteiger partial charge in [-0.05, 0) is 36.4 Å². The average Bonchev–Trinajstić information content (AvgIpc) is 3.16. The Morgan fingerprint density at radius 2 is 1.97 bits per heavy atom. The fourth-order valence-electron chi connectivity index (χ4n) is 2.77. The van der Waals surface area contributed by atoms with Gasteiger partial charge in [-0.25, -0.2) is 8.78 Å². The molecule has 0 spiro atoms. The highest BCUT2D eigenvalue weighted by Gasteiger charge is 2.14. The highest BCUT2D eigenvalue weighted by atomic mass is 32.2. The molecule has 30 heavy (non-hydrogen) atoms. The summed E-state index contributed by atoms with van der Waals surface area (Å²) in [5.74, 6) is -1.41. The number of anilines is 1. The largest absolute Gasteiger partial charge is 0.496 e. The van der Waals surface area contributed by atoms with Crippen LogP contribution in [0.25, 0.3) is 16.9 Å². The molecule has 4 aromatic rings. The fraction of sp³-hybridized carbons (Fsp3) is 0.100. The Morgan fingerprint density at radius 3 is 2.77 bits per heavy atom. The summed E-state index contributed by atoms with van der Waals surface area (Å²) >= 11 is 1.09. The number of nitrogens with zero attached hydrogens (tertiary/aromatic N) is 4. The first-order chi connectivity index (χ1) is 14.5. The molecule has 7 nitrogen and oxygen atoms in total. The SMILES string of the molecule is COc1ccccc1-c1ccc2nnc(SCC(=O)Nc3ccc(F)cc3F)n2n1. The number of ether oxygens (including phenoxy) is 1. The van der Waals surface area contributed by atoms with Crippen LogP contribution in [0.3, 0.4) is 0 Å². The van der Waals surface area contributed by atoms with Crippen molar-refractivity contribution < 1.29 is 18.3 Å². The summed E-state index contributed by atoms with van der Waals surface area (Å²) in [7, 11) is 1.58. The smallest absolute Gasteiger partial charge is 0.234 e. The molecule has 0 aliphatic heterocycles. The van der Waals surface area contributed by atoms with E-state index in [9.17, 15) is 13.6 Å². The number of halogens is 2. The summed E-state index contributed by atoms with van der Waals surface area (Å²) in [5.41, 5.74) is 1.88. The molecule has 0 unspecified atom stereocenters. The number of fused-ring (bicyclic) bond motifs is 1. The number of carbonyl (C=O) groups excluding carboxylic acids is 1. The molecule has 0 aliphatic rings. The lowest BCUT2D eigenvalue weighted by Gasteiger charge is -2.08. The van der Waals surface area contributed by atoms with Crippen LogP contribution in [0.1, 0.15) is 0 Å². The predicted octanol–water partition coefficient (Wildman–Crippen LogP) is 3.81. The van der Waals surface area contributed by atoms with Crippen LogP contribution in [0.4, 0.5) is 14.5 Å². The van der Waals surface area contributed by atoms with Crippen molar-refractivity contribution in [3.63, 3.8) is 0 Å². The summed E-state index contributed by atoms with van der Waals surface area (Å²) in [6.07, 6.45) is 0. The number of rotatable bonds is 6. The molecule has 0 bridgehead atoms. The Kier molecular flexibility index (Phi) is 5.57. The van der Waals surface area contributed by atoms with Crippen LogP contribution < -0.4 is 10.1 Å². The fourth-order valence-corrected chi connectivity index (χ4v) is 3.45. The van der Waals surface area contributed by atoms with Crippen molar-refractivity contribution in [3.8, 4) is 17.0 Å². The second kappa shape index (κ2) is 8.46. The molecule has 0 saturated heterocycles. The first-order valence-corrected chi connectivity index (χ1v) is 9.77. The van der Waals surface area contributed by atoms with Gasteiger partial charge in [-0.1, -0.05) is 23.9 Å². The first kappa shape index (κ1) is 19.8. The number of methoxy groups -OCH3 is 1. The van der Waals surface area contributed by atoms with E-state index in [1.165, 1.54) is 10.6 Å². The molecule has 0 aliphatic carbocycles. The molecule has 2 heterocycles. The highest BCUT2D eigenvalue weighted by molar-refractivity contribution is 7.99. The second-order valence-corrected chi connectivity index (χ2v) is 7.07. The van der Waals surface area contributed by atoms with E-state index in [-0.39, 0.29) is 11.4 Å². The molecule has 152 valence electrons. The van der Waals surface area contributed by atoms with Crippen LogP contribution in [-0.4, -0.2) is 38.6 Å². The minimum Gasteiger partial charge on any atom is -0.496 e. The van der Waals surface area contributed by atoms with Crippen molar-refractivity contribution in [2.45, 2.75) is 5.16 Å². The van der Waals surface area contributed by atoms with Crippen molar-refractivity contribution in [1.29, 1.82) is 0 Å². The van der Waals surface area contributed by atoms with Gasteiger partial charge in [0.05, 0.1) is 24.2 Å². The molecular formula is C20H15F2N5O2S. The summed E-state index contributed by atoms with van der Waals surface area (Å²) < 4.78 is 33.6. The molecule has 0 atom stereocenters. The number of amides is 1. The number of para-hydroxylation sites is 1. The molecule has 10 heteroatoms. The van der Waals surface area contributed by atoms with Gasteiger partial charge in [-0.15, -0.1) is 10.2 Å². The summed E-state index contributed by atoms with van der Waals surface area (Å²) in [5, 5.41) is 15.5. The maximum absolute atomic E-state index is 13.7. The Bertz CT molecular complexity index is 1230. The van der Waals surface area contributed by atoms with E-state index in [1.54, 1.807) is 19.2 Å². The van der Waals surface area contributed by atoms with Gasteiger partial charge in [0.25, 0.3) is 0 Å². The molecular weight excluding hydrogens is 412 g/mol. The zero-order chi connectivity index (χ0) is 21.1. The Morgan fingerprint density at radius 1 is 1.13 bits per heavy atom. The van der Waals surface area contributed by atoms with Crippen LogP contribution in [0.15, 0.2) is 59.8 Å². The zero-order valence-corrected chi connectivity index (χ0v) is 16.5. The number of thioether (sulfide) groups is 1. The van der Waals surface area contributed by atoms with Gasteiger partial charge in [0, 0.05) is 11.6 Å². The molecule has 0 fully saturated rings. The van der Waals surface area contributed by atoms with Gasteiger partial charge >= 0.3 is 0 Å². The lowest BCUT2D eigenvalue weighted by atomic mass is 10.1. The summed E-state index contributed by atoms with van der Waals surface area (Å²) in [6, 6.07) is 14.0.